The van der Waals surface area contributed by atoms with E-state index in [1.165, 1.54) is 19.2 Å². The summed E-state index contributed by atoms with van der Waals surface area (Å²) in [5.41, 5.74) is 3.24. The Morgan fingerprint density at radius 1 is 0.944 bits per heavy atom. The lowest BCUT2D eigenvalue weighted by molar-refractivity contribution is 0.0697. The zero-order valence-corrected chi connectivity index (χ0v) is 21.1. The van der Waals surface area contributed by atoms with E-state index in [0.29, 0.717) is 29.4 Å². The number of carbonyl (C=O) groups is 1. The monoisotopic (exact) mass is 510 g/mol. The number of sulfone groups is 1. The molecule has 0 radical (unpaired) electrons. The van der Waals surface area contributed by atoms with Crippen LogP contribution in [0.15, 0.2) is 70.7 Å². The van der Waals surface area contributed by atoms with Crippen molar-refractivity contribution in [1.82, 2.24) is 0 Å². The number of rotatable bonds is 8. The molecule has 9 nitrogen and oxygen atoms in total. The molecule has 0 bridgehead atoms. The van der Waals surface area contributed by atoms with Crippen molar-refractivity contribution in [3.8, 4) is 17.2 Å². The van der Waals surface area contributed by atoms with Gasteiger partial charge in [0.2, 0.25) is 5.75 Å². The second-order valence-electron chi connectivity index (χ2n) is 8.22. The molecule has 0 amide bonds. The van der Waals surface area contributed by atoms with Gasteiger partial charge in [-0.2, -0.15) is 5.10 Å². The average molecular weight is 511 g/mol. The molecule has 0 fully saturated rings. The summed E-state index contributed by atoms with van der Waals surface area (Å²) >= 11 is 0. The van der Waals surface area contributed by atoms with Gasteiger partial charge in [-0.3, -0.25) is 5.01 Å². The Kier molecular flexibility index (Phi) is 6.89. The van der Waals surface area contributed by atoms with E-state index in [0.717, 1.165) is 23.1 Å². The summed E-state index contributed by atoms with van der Waals surface area (Å²) in [4.78, 5) is 11.6. The Morgan fingerprint density at radius 3 is 2.00 bits per heavy atom. The quantitative estimate of drug-likeness (QED) is 0.480. The Balaban J connectivity index is 1.80. The Morgan fingerprint density at radius 2 is 1.53 bits per heavy atom. The number of ether oxygens (including phenoxy) is 3. The van der Waals surface area contributed by atoms with Gasteiger partial charge in [0.25, 0.3) is 0 Å². The molecule has 10 heteroatoms. The molecule has 4 rings (SSSR count). The third-order valence-electron chi connectivity index (χ3n) is 5.98. The van der Waals surface area contributed by atoms with Crippen molar-refractivity contribution < 1.29 is 32.5 Å². The fourth-order valence-electron chi connectivity index (χ4n) is 4.13. The van der Waals surface area contributed by atoms with Crippen LogP contribution in [0, 0.1) is 0 Å². The van der Waals surface area contributed by atoms with Crippen LogP contribution in [-0.2, 0) is 9.84 Å². The molecule has 1 unspecified atom stereocenters. The highest BCUT2D eigenvalue weighted by molar-refractivity contribution is 7.90. The molecule has 3 aromatic rings. The molecule has 1 heterocycles. The molecule has 3 aromatic carbocycles. The Labute approximate surface area is 209 Å². The number of aromatic carboxylic acids is 1. The van der Waals surface area contributed by atoms with Gasteiger partial charge in [0.1, 0.15) is 0 Å². The van der Waals surface area contributed by atoms with Gasteiger partial charge < -0.3 is 19.3 Å². The number of hydrogen-bond donors (Lipinski definition) is 1. The van der Waals surface area contributed by atoms with E-state index >= 15 is 0 Å². The van der Waals surface area contributed by atoms with Gasteiger partial charge in [-0.15, -0.1) is 0 Å². The number of carboxylic acids is 1. The van der Waals surface area contributed by atoms with E-state index in [9.17, 15) is 18.3 Å². The zero-order chi connectivity index (χ0) is 26.0. The lowest BCUT2D eigenvalue weighted by Crippen LogP contribution is -2.19. The maximum atomic E-state index is 11.9. The van der Waals surface area contributed by atoms with Crippen LogP contribution in [0.5, 0.6) is 17.2 Å². The molecular weight excluding hydrogens is 484 g/mol. The van der Waals surface area contributed by atoms with Gasteiger partial charge in [0.15, 0.2) is 21.3 Å². The van der Waals surface area contributed by atoms with E-state index in [4.69, 9.17) is 19.3 Å². The van der Waals surface area contributed by atoms with Crippen molar-refractivity contribution in [1.29, 1.82) is 0 Å². The molecule has 0 saturated carbocycles. The lowest BCUT2D eigenvalue weighted by atomic mass is 9.97. The van der Waals surface area contributed by atoms with Crippen molar-refractivity contribution in [3.05, 3.63) is 77.4 Å². The van der Waals surface area contributed by atoms with Crippen LogP contribution in [0.3, 0.4) is 0 Å². The third-order valence-corrected chi connectivity index (χ3v) is 7.11. The molecule has 188 valence electrons. The van der Waals surface area contributed by atoms with Crippen LogP contribution >= 0.6 is 0 Å². The highest BCUT2D eigenvalue weighted by atomic mass is 32.2. The molecule has 0 spiro atoms. The Bertz CT molecular complexity index is 1390. The smallest absolute Gasteiger partial charge is 0.335 e. The van der Waals surface area contributed by atoms with Crippen molar-refractivity contribution in [3.63, 3.8) is 0 Å². The fraction of sp³-hybridized carbons (Fsp3) is 0.231. The van der Waals surface area contributed by atoms with E-state index in [1.807, 2.05) is 17.1 Å². The van der Waals surface area contributed by atoms with Crippen LogP contribution in [0.4, 0.5) is 5.69 Å². The molecule has 1 N–H and O–H groups in total. The van der Waals surface area contributed by atoms with E-state index < -0.39 is 15.8 Å². The molecule has 1 aliphatic rings. The zero-order valence-electron chi connectivity index (χ0n) is 20.3. The minimum absolute atomic E-state index is 0.169. The minimum Gasteiger partial charge on any atom is -0.493 e. The van der Waals surface area contributed by atoms with Crippen molar-refractivity contribution in [2.24, 2.45) is 5.10 Å². The lowest BCUT2D eigenvalue weighted by Gasteiger charge is -2.25. The predicted octanol–water partition coefficient (Wildman–Crippen LogP) is 4.17. The normalized spacial score (nSPS) is 15.4. The van der Waals surface area contributed by atoms with E-state index in [1.54, 1.807) is 50.6 Å². The number of carboxylic acid groups (broad SMARTS) is 1. The van der Waals surface area contributed by atoms with Crippen LogP contribution in [0.1, 0.15) is 33.9 Å². The number of benzene rings is 3. The van der Waals surface area contributed by atoms with Gasteiger partial charge in [0, 0.05) is 12.7 Å². The molecular formula is C26H26N2O7S. The highest BCUT2D eigenvalue weighted by Crippen LogP contribution is 2.44. The first-order chi connectivity index (χ1) is 17.2. The first kappa shape index (κ1) is 25.1. The number of methoxy groups -OCH3 is 3. The molecule has 1 aliphatic heterocycles. The second-order valence-corrected chi connectivity index (χ2v) is 10.2. The molecule has 1 atom stereocenters. The van der Waals surface area contributed by atoms with E-state index in [2.05, 4.69) is 0 Å². The molecule has 0 saturated heterocycles. The van der Waals surface area contributed by atoms with Crippen molar-refractivity contribution in [2.75, 3.05) is 32.6 Å². The Hall–Kier alpha value is -4.05. The topological polar surface area (TPSA) is 115 Å². The van der Waals surface area contributed by atoms with Gasteiger partial charge in [-0.1, -0.05) is 12.1 Å². The average Bonchev–Trinajstić information content (AvgIpc) is 3.33. The fourth-order valence-corrected chi connectivity index (χ4v) is 4.76. The summed E-state index contributed by atoms with van der Waals surface area (Å²) in [5, 5.41) is 15.9. The molecule has 0 aromatic heterocycles. The van der Waals surface area contributed by atoms with Gasteiger partial charge in [0.05, 0.1) is 49.2 Å². The number of hydrogen-bond acceptors (Lipinski definition) is 8. The van der Waals surface area contributed by atoms with Gasteiger partial charge >= 0.3 is 5.97 Å². The molecule has 36 heavy (non-hydrogen) atoms. The predicted molar refractivity (Wildman–Crippen MR) is 135 cm³/mol. The number of nitrogens with zero attached hydrogens (tertiary/aromatic N) is 2. The SMILES string of the molecule is COc1cc(C2CC(c3ccc(S(C)(=O)=O)cc3)=NN2c2ccc(C(=O)O)cc2)cc(OC)c1OC. The first-order valence-electron chi connectivity index (χ1n) is 11.0. The summed E-state index contributed by atoms with van der Waals surface area (Å²) in [7, 11) is 1.30. The van der Waals surface area contributed by atoms with Crippen LogP contribution < -0.4 is 19.2 Å². The summed E-state index contributed by atoms with van der Waals surface area (Å²) in [6.07, 6.45) is 1.66. The van der Waals surface area contributed by atoms with E-state index in [-0.39, 0.29) is 16.5 Å². The van der Waals surface area contributed by atoms with Crippen LogP contribution in [0.2, 0.25) is 0 Å². The summed E-state index contributed by atoms with van der Waals surface area (Å²) in [5.74, 6) is 0.453. The van der Waals surface area contributed by atoms with Gasteiger partial charge in [-0.25, -0.2) is 13.2 Å². The van der Waals surface area contributed by atoms with Crippen LogP contribution in [0.25, 0.3) is 0 Å². The van der Waals surface area contributed by atoms with Gasteiger partial charge in [-0.05, 0) is 59.7 Å². The number of hydrazone groups is 1. The number of anilines is 1. The van der Waals surface area contributed by atoms with Crippen LogP contribution in [-0.4, -0.2) is 52.8 Å². The highest BCUT2D eigenvalue weighted by Gasteiger charge is 2.32. The third kappa shape index (κ3) is 4.85. The minimum atomic E-state index is -3.32. The van der Waals surface area contributed by atoms with Crippen molar-refractivity contribution in [2.45, 2.75) is 17.4 Å². The maximum absolute atomic E-state index is 11.9. The molecule has 0 aliphatic carbocycles. The largest absolute Gasteiger partial charge is 0.493 e. The first-order valence-corrected chi connectivity index (χ1v) is 12.9. The maximum Gasteiger partial charge on any atom is 0.335 e. The summed E-state index contributed by atoms with van der Waals surface area (Å²) < 4.78 is 40.3. The summed E-state index contributed by atoms with van der Waals surface area (Å²) in [6, 6.07) is 16.5. The summed E-state index contributed by atoms with van der Waals surface area (Å²) in [6.45, 7) is 0. The second kappa shape index (κ2) is 9.90. The standard InChI is InChI=1S/C26H26N2O7S/c1-33-23-13-18(14-24(34-2)25(23)35-3)22-15-21(16-7-11-20(12-8-16)36(4,31)32)27-28(22)19-9-5-17(6-10-19)26(29)30/h5-14,22H,15H2,1-4H3,(H,29,30). The van der Waals surface area contributed by atoms with Crippen molar-refractivity contribution >= 4 is 27.2 Å².